The van der Waals surface area contributed by atoms with E-state index in [1.807, 2.05) is 60.7 Å². The fourth-order valence-electron chi connectivity index (χ4n) is 2.95. The fourth-order valence-corrected chi connectivity index (χ4v) is 2.95. The lowest BCUT2D eigenvalue weighted by Gasteiger charge is -2.09. The molecule has 24 heavy (non-hydrogen) atoms. The van der Waals surface area contributed by atoms with Crippen LogP contribution < -0.4 is 0 Å². The molecule has 0 aliphatic heterocycles. The maximum Gasteiger partial charge on any atom is 0.0972 e. The van der Waals surface area contributed by atoms with E-state index in [1.165, 1.54) is 0 Å². The Balaban J connectivity index is 2.01. The van der Waals surface area contributed by atoms with E-state index in [-0.39, 0.29) is 13.2 Å². The average molecular weight is 316 g/mol. The lowest BCUT2D eigenvalue weighted by Crippen LogP contribution is -1.94. The van der Waals surface area contributed by atoms with Gasteiger partial charge in [0.25, 0.3) is 0 Å². The summed E-state index contributed by atoms with van der Waals surface area (Å²) >= 11 is 0. The summed E-state index contributed by atoms with van der Waals surface area (Å²) in [7, 11) is 0. The van der Waals surface area contributed by atoms with Crippen molar-refractivity contribution in [3.05, 3.63) is 71.9 Å². The summed E-state index contributed by atoms with van der Waals surface area (Å²) in [5, 5.41) is 20.9. The molecule has 0 spiro atoms. The first-order valence-electron chi connectivity index (χ1n) is 7.79. The first-order chi connectivity index (χ1) is 11.8. The summed E-state index contributed by atoms with van der Waals surface area (Å²) in [4.78, 5) is 9.34. The minimum atomic E-state index is -0.0979. The van der Waals surface area contributed by atoms with Crippen molar-refractivity contribution in [1.29, 1.82) is 0 Å². The number of aliphatic hydroxyl groups is 2. The van der Waals surface area contributed by atoms with Crippen LogP contribution in [0.25, 0.3) is 33.1 Å². The molecule has 0 saturated heterocycles. The number of hydrogen-bond donors (Lipinski definition) is 2. The SMILES string of the molecule is OCc1ccc2ccc3ccc(-c4ccccc4CO)nc3c2n1. The second-order valence-electron chi connectivity index (χ2n) is 5.68. The van der Waals surface area contributed by atoms with Crippen LogP contribution in [0.2, 0.25) is 0 Å². The van der Waals surface area contributed by atoms with E-state index in [9.17, 15) is 10.2 Å². The number of benzene rings is 2. The van der Waals surface area contributed by atoms with Crippen LogP contribution in [0.1, 0.15) is 11.3 Å². The lowest BCUT2D eigenvalue weighted by atomic mass is 10.0. The maximum atomic E-state index is 9.57. The van der Waals surface area contributed by atoms with Crippen molar-refractivity contribution < 1.29 is 10.2 Å². The van der Waals surface area contributed by atoms with Gasteiger partial charge in [0.05, 0.1) is 35.6 Å². The van der Waals surface area contributed by atoms with Crippen molar-refractivity contribution in [2.45, 2.75) is 13.2 Å². The maximum absolute atomic E-state index is 9.57. The van der Waals surface area contributed by atoms with Gasteiger partial charge in [0.1, 0.15) is 0 Å². The van der Waals surface area contributed by atoms with Gasteiger partial charge in [0, 0.05) is 16.3 Å². The van der Waals surface area contributed by atoms with Crippen LogP contribution in [-0.4, -0.2) is 20.2 Å². The van der Waals surface area contributed by atoms with Crippen molar-refractivity contribution in [1.82, 2.24) is 9.97 Å². The van der Waals surface area contributed by atoms with E-state index in [0.717, 1.165) is 38.6 Å². The number of nitrogens with zero attached hydrogens (tertiary/aromatic N) is 2. The minimum Gasteiger partial charge on any atom is -0.392 e. The molecule has 0 bridgehead atoms. The Bertz CT molecular complexity index is 1040. The summed E-state index contributed by atoms with van der Waals surface area (Å²) < 4.78 is 0. The highest BCUT2D eigenvalue weighted by Gasteiger charge is 2.09. The molecule has 4 nitrogen and oxygen atoms in total. The molecule has 0 aliphatic carbocycles. The molecule has 4 rings (SSSR count). The molecule has 4 heteroatoms. The van der Waals surface area contributed by atoms with Gasteiger partial charge in [-0.15, -0.1) is 0 Å². The minimum absolute atomic E-state index is 0.0294. The second-order valence-corrected chi connectivity index (χ2v) is 5.68. The lowest BCUT2D eigenvalue weighted by molar-refractivity contribution is 0.277. The van der Waals surface area contributed by atoms with Crippen LogP contribution in [0.4, 0.5) is 0 Å². The van der Waals surface area contributed by atoms with E-state index in [0.29, 0.717) is 5.69 Å². The Hall–Kier alpha value is -2.82. The van der Waals surface area contributed by atoms with Crippen molar-refractivity contribution in [3.63, 3.8) is 0 Å². The van der Waals surface area contributed by atoms with Crippen molar-refractivity contribution in [3.8, 4) is 11.3 Å². The predicted octanol–water partition coefficient (Wildman–Crippen LogP) is 3.43. The highest BCUT2D eigenvalue weighted by atomic mass is 16.3. The first kappa shape index (κ1) is 14.8. The molecule has 0 atom stereocenters. The van der Waals surface area contributed by atoms with Gasteiger partial charge in [-0.25, -0.2) is 9.97 Å². The van der Waals surface area contributed by atoms with Gasteiger partial charge < -0.3 is 10.2 Å². The van der Waals surface area contributed by atoms with E-state index in [1.54, 1.807) is 0 Å². The Labute approximate surface area is 139 Å². The number of aromatic nitrogens is 2. The van der Waals surface area contributed by atoms with Gasteiger partial charge in [0.2, 0.25) is 0 Å². The van der Waals surface area contributed by atoms with Crippen LogP contribution in [0.3, 0.4) is 0 Å². The quantitative estimate of drug-likeness (QED) is 0.568. The monoisotopic (exact) mass is 316 g/mol. The topological polar surface area (TPSA) is 66.2 Å². The van der Waals surface area contributed by atoms with Gasteiger partial charge in [-0.2, -0.15) is 0 Å². The second kappa shape index (κ2) is 6.00. The highest BCUT2D eigenvalue weighted by molar-refractivity contribution is 6.03. The third-order valence-corrected chi connectivity index (χ3v) is 4.20. The average Bonchev–Trinajstić information content (AvgIpc) is 2.67. The van der Waals surface area contributed by atoms with E-state index < -0.39 is 0 Å². The molecule has 2 heterocycles. The van der Waals surface area contributed by atoms with Crippen LogP contribution in [0, 0.1) is 0 Å². The number of rotatable bonds is 3. The van der Waals surface area contributed by atoms with Gasteiger partial charge in [-0.3, -0.25) is 0 Å². The zero-order valence-corrected chi connectivity index (χ0v) is 13.0. The van der Waals surface area contributed by atoms with Gasteiger partial charge in [-0.05, 0) is 17.7 Å². The van der Waals surface area contributed by atoms with Gasteiger partial charge in [0.15, 0.2) is 0 Å². The molecule has 2 aromatic heterocycles. The third-order valence-electron chi connectivity index (χ3n) is 4.20. The molecule has 2 aromatic carbocycles. The first-order valence-corrected chi connectivity index (χ1v) is 7.79. The highest BCUT2D eigenvalue weighted by Crippen LogP contribution is 2.28. The summed E-state index contributed by atoms with van der Waals surface area (Å²) in [6.07, 6.45) is 0. The largest absolute Gasteiger partial charge is 0.392 e. The van der Waals surface area contributed by atoms with Crippen molar-refractivity contribution >= 4 is 21.8 Å². The van der Waals surface area contributed by atoms with Crippen LogP contribution in [0.15, 0.2) is 60.7 Å². The molecule has 2 N–H and O–H groups in total. The molecule has 0 aliphatic rings. The number of aliphatic hydroxyl groups excluding tert-OH is 2. The summed E-state index contributed by atoms with van der Waals surface area (Å²) in [5.74, 6) is 0. The Morgan fingerprint density at radius 3 is 2.08 bits per heavy atom. The zero-order chi connectivity index (χ0) is 16.5. The number of hydrogen-bond acceptors (Lipinski definition) is 4. The van der Waals surface area contributed by atoms with Crippen LogP contribution in [-0.2, 0) is 13.2 Å². The Morgan fingerprint density at radius 2 is 1.33 bits per heavy atom. The predicted molar refractivity (Wildman–Crippen MR) is 94.3 cm³/mol. The Kier molecular flexibility index (Phi) is 3.69. The third kappa shape index (κ3) is 2.42. The molecule has 0 amide bonds. The Morgan fingerprint density at radius 1 is 0.667 bits per heavy atom. The molecule has 0 saturated carbocycles. The normalized spacial score (nSPS) is 11.2. The van der Waals surface area contributed by atoms with E-state index in [2.05, 4.69) is 4.98 Å². The zero-order valence-electron chi connectivity index (χ0n) is 13.0. The van der Waals surface area contributed by atoms with E-state index in [4.69, 9.17) is 4.98 Å². The van der Waals surface area contributed by atoms with Crippen LogP contribution >= 0.6 is 0 Å². The molecule has 0 fully saturated rings. The molecule has 0 unspecified atom stereocenters. The summed E-state index contributed by atoms with van der Waals surface area (Å²) in [6.45, 7) is -0.127. The smallest absolute Gasteiger partial charge is 0.0972 e. The number of fused-ring (bicyclic) bond motifs is 3. The van der Waals surface area contributed by atoms with Crippen molar-refractivity contribution in [2.75, 3.05) is 0 Å². The van der Waals surface area contributed by atoms with Gasteiger partial charge >= 0.3 is 0 Å². The standard InChI is InChI=1S/C20H16N2O2/c23-11-15-3-1-2-4-17(15)18-10-8-14-6-5-13-7-9-16(12-24)21-19(13)20(14)22-18/h1-10,23-24H,11-12H2. The summed E-state index contributed by atoms with van der Waals surface area (Å²) in [6, 6.07) is 19.5. The van der Waals surface area contributed by atoms with E-state index >= 15 is 0 Å². The van der Waals surface area contributed by atoms with Crippen molar-refractivity contribution in [2.24, 2.45) is 0 Å². The molecule has 118 valence electrons. The molecule has 4 aromatic rings. The molecular weight excluding hydrogens is 300 g/mol. The number of pyridine rings is 2. The van der Waals surface area contributed by atoms with Crippen LogP contribution in [0.5, 0.6) is 0 Å². The fraction of sp³-hybridized carbons (Fsp3) is 0.100. The molecular formula is C20H16N2O2. The van der Waals surface area contributed by atoms with Gasteiger partial charge in [-0.1, -0.05) is 48.5 Å². The molecule has 0 radical (unpaired) electrons. The summed E-state index contributed by atoms with van der Waals surface area (Å²) in [5.41, 5.74) is 4.76.